The summed E-state index contributed by atoms with van der Waals surface area (Å²) in [5.74, 6) is -2.26. The number of ether oxygens (including phenoxy) is 2. The highest BCUT2D eigenvalue weighted by Gasteiger charge is 2.45. The molecule has 7 N–H and O–H groups in total. The highest BCUT2D eigenvalue weighted by molar-refractivity contribution is 5.93. The fraction of sp³-hybridized carbons (Fsp3) is 0.583. The minimum atomic E-state index is -1.45. The first-order valence-corrected chi connectivity index (χ1v) is 6.73. The first kappa shape index (κ1) is 17.1. The molecule has 1 aromatic heterocycles. The predicted octanol–water partition coefficient (Wildman–Crippen LogP) is -2.80. The second-order valence-electron chi connectivity index (χ2n) is 5.15. The lowest BCUT2D eigenvalue weighted by molar-refractivity contribution is -0.151. The Morgan fingerprint density at radius 1 is 1.48 bits per heavy atom. The monoisotopic (exact) mass is 330 g/mol. The van der Waals surface area contributed by atoms with Crippen molar-refractivity contribution in [3.05, 3.63) is 12.0 Å². The van der Waals surface area contributed by atoms with Gasteiger partial charge in [-0.05, 0) is 6.92 Å². The van der Waals surface area contributed by atoms with Crippen LogP contribution in [-0.4, -0.2) is 67.7 Å². The zero-order chi connectivity index (χ0) is 17.3. The molecular weight excluding hydrogens is 312 g/mol. The van der Waals surface area contributed by atoms with Gasteiger partial charge in [0.15, 0.2) is 11.9 Å². The number of rotatable bonds is 5. The zero-order valence-electron chi connectivity index (χ0n) is 12.2. The smallest absolute Gasteiger partial charge is 0.322 e. The summed E-state index contributed by atoms with van der Waals surface area (Å²) in [7, 11) is 0. The Bertz CT molecular complexity index is 602. The molecule has 11 heteroatoms. The van der Waals surface area contributed by atoms with E-state index in [2.05, 4.69) is 4.98 Å². The van der Waals surface area contributed by atoms with E-state index in [1.807, 2.05) is 0 Å². The van der Waals surface area contributed by atoms with Gasteiger partial charge in [-0.25, -0.2) is 4.98 Å². The first-order valence-electron chi connectivity index (χ1n) is 6.73. The maximum absolute atomic E-state index is 11.3. The van der Waals surface area contributed by atoms with Crippen LogP contribution in [-0.2, 0) is 14.3 Å². The third kappa shape index (κ3) is 3.27. The lowest BCUT2D eigenvalue weighted by Gasteiger charge is -2.16. The van der Waals surface area contributed by atoms with Gasteiger partial charge in [0.1, 0.15) is 37.3 Å². The van der Waals surface area contributed by atoms with Crippen LogP contribution >= 0.6 is 0 Å². The Hall–Kier alpha value is -2.21. The van der Waals surface area contributed by atoms with E-state index in [-0.39, 0.29) is 6.61 Å². The van der Waals surface area contributed by atoms with E-state index in [1.54, 1.807) is 0 Å². The fourth-order valence-electron chi connectivity index (χ4n) is 2.11. The summed E-state index contributed by atoms with van der Waals surface area (Å²) in [6, 6.07) is -0.843. The number of hydrogen-bond donors (Lipinski definition) is 5. The predicted molar refractivity (Wildman–Crippen MR) is 72.9 cm³/mol. The molecule has 0 radical (unpaired) electrons. The van der Waals surface area contributed by atoms with Crippen LogP contribution in [0.1, 0.15) is 23.6 Å². The van der Waals surface area contributed by atoms with Gasteiger partial charge in [-0.1, -0.05) is 0 Å². The van der Waals surface area contributed by atoms with Crippen molar-refractivity contribution in [3.63, 3.8) is 0 Å². The summed E-state index contributed by atoms with van der Waals surface area (Å²) in [5.41, 5.74) is 9.96. The van der Waals surface area contributed by atoms with E-state index < -0.39 is 54.0 Å². The summed E-state index contributed by atoms with van der Waals surface area (Å²) < 4.78 is 11.2. The van der Waals surface area contributed by atoms with Crippen molar-refractivity contribution in [3.8, 4) is 5.88 Å². The molecule has 0 bridgehead atoms. The van der Waals surface area contributed by atoms with Crippen LogP contribution in [0.4, 0.5) is 0 Å². The van der Waals surface area contributed by atoms with Crippen LogP contribution in [0, 0.1) is 0 Å². The molecule has 1 saturated heterocycles. The molecule has 2 rings (SSSR count). The molecule has 1 amide bonds. The number of primary amides is 1. The van der Waals surface area contributed by atoms with Gasteiger partial charge in [-0.3, -0.25) is 14.2 Å². The Kier molecular flexibility index (Phi) is 4.85. The molecular formula is C12H18N4O7. The van der Waals surface area contributed by atoms with E-state index in [1.165, 1.54) is 6.92 Å². The van der Waals surface area contributed by atoms with E-state index >= 15 is 0 Å². The van der Waals surface area contributed by atoms with Gasteiger partial charge in [-0.15, -0.1) is 0 Å². The molecule has 128 valence electrons. The molecule has 0 saturated carbocycles. The first-order chi connectivity index (χ1) is 10.7. The van der Waals surface area contributed by atoms with Crippen molar-refractivity contribution in [2.45, 2.75) is 37.5 Å². The molecule has 0 aliphatic carbocycles. The molecule has 0 aromatic carbocycles. The number of nitrogens with zero attached hydrogens (tertiary/aromatic N) is 2. The topological polar surface area (TPSA) is 183 Å². The summed E-state index contributed by atoms with van der Waals surface area (Å²) in [6.45, 7) is 1.09. The third-order valence-corrected chi connectivity index (χ3v) is 3.37. The zero-order valence-corrected chi connectivity index (χ0v) is 12.2. The number of aromatic nitrogens is 2. The molecule has 0 spiro atoms. The van der Waals surface area contributed by atoms with Crippen molar-refractivity contribution in [1.29, 1.82) is 0 Å². The highest BCUT2D eigenvalue weighted by Crippen LogP contribution is 2.33. The van der Waals surface area contributed by atoms with E-state index in [9.17, 15) is 24.9 Å². The van der Waals surface area contributed by atoms with Crippen molar-refractivity contribution in [2.75, 3.05) is 6.61 Å². The van der Waals surface area contributed by atoms with Crippen molar-refractivity contribution in [2.24, 2.45) is 11.5 Å². The number of hydrogen-bond acceptors (Lipinski definition) is 9. The molecule has 1 aliphatic heterocycles. The molecule has 23 heavy (non-hydrogen) atoms. The molecule has 0 unspecified atom stereocenters. The number of amides is 1. The van der Waals surface area contributed by atoms with Crippen LogP contribution < -0.4 is 11.5 Å². The number of esters is 1. The standard InChI is InChI=1S/C12H18N4O7/c1-4(13)12(21)22-2-5-7(17)8(18)11(23-5)16-3-15-6(9(14)19)10(16)20/h3-5,7-8,11,17-18,20H,2,13H2,1H3,(H2,14,19)/t4-,5+,7+,8+,11+/m0/s1. The van der Waals surface area contributed by atoms with Gasteiger partial charge >= 0.3 is 5.97 Å². The quantitative estimate of drug-likeness (QED) is 0.356. The van der Waals surface area contributed by atoms with E-state index in [0.717, 1.165) is 10.9 Å². The van der Waals surface area contributed by atoms with Crippen molar-refractivity contribution < 1.29 is 34.4 Å². The lowest BCUT2D eigenvalue weighted by atomic mass is 10.1. The number of aliphatic hydroxyl groups excluding tert-OH is 2. The van der Waals surface area contributed by atoms with Crippen LogP contribution in [0.25, 0.3) is 0 Å². The number of imidazole rings is 1. The van der Waals surface area contributed by atoms with Gasteiger partial charge in [0, 0.05) is 0 Å². The van der Waals surface area contributed by atoms with Gasteiger partial charge in [0.05, 0.1) is 0 Å². The second kappa shape index (κ2) is 6.50. The Balaban J connectivity index is 2.10. The summed E-state index contributed by atoms with van der Waals surface area (Å²) in [4.78, 5) is 26.0. The van der Waals surface area contributed by atoms with E-state index in [4.69, 9.17) is 20.9 Å². The molecule has 1 fully saturated rings. The second-order valence-corrected chi connectivity index (χ2v) is 5.15. The maximum Gasteiger partial charge on any atom is 0.322 e. The van der Waals surface area contributed by atoms with Crippen LogP contribution in [0.15, 0.2) is 6.33 Å². The molecule has 11 nitrogen and oxygen atoms in total. The Morgan fingerprint density at radius 2 is 2.13 bits per heavy atom. The van der Waals surface area contributed by atoms with Gasteiger partial charge in [0.25, 0.3) is 5.91 Å². The third-order valence-electron chi connectivity index (χ3n) is 3.37. The fourth-order valence-corrected chi connectivity index (χ4v) is 2.11. The van der Waals surface area contributed by atoms with Crippen LogP contribution in [0.2, 0.25) is 0 Å². The molecule has 2 heterocycles. The average Bonchev–Trinajstić information content (AvgIpc) is 2.99. The minimum Gasteiger partial charge on any atom is -0.493 e. The SMILES string of the molecule is C[C@H](N)C(=O)OC[C@H]1O[C@@H](n2cnc(C(N)=O)c2O)[C@H](O)[C@@H]1O. The maximum atomic E-state index is 11.3. The average molecular weight is 330 g/mol. The molecule has 1 aromatic rings. The van der Waals surface area contributed by atoms with Crippen molar-refractivity contribution >= 4 is 11.9 Å². The normalized spacial score (nSPS) is 28.5. The Morgan fingerprint density at radius 3 is 2.65 bits per heavy atom. The minimum absolute atomic E-state index is 0.340. The summed E-state index contributed by atoms with van der Waals surface area (Å²) in [6.07, 6.45) is -4.08. The molecule has 1 aliphatic rings. The largest absolute Gasteiger partial charge is 0.493 e. The molecule has 5 atom stereocenters. The number of aliphatic hydroxyl groups is 2. The van der Waals surface area contributed by atoms with Gasteiger partial charge in [-0.2, -0.15) is 0 Å². The van der Waals surface area contributed by atoms with Crippen LogP contribution in [0.5, 0.6) is 5.88 Å². The number of carbonyl (C=O) groups is 2. The lowest BCUT2D eigenvalue weighted by Crippen LogP contribution is -2.36. The Labute approximate surface area is 130 Å². The highest BCUT2D eigenvalue weighted by atomic mass is 16.6. The summed E-state index contributed by atoms with van der Waals surface area (Å²) in [5, 5.41) is 29.8. The van der Waals surface area contributed by atoms with E-state index in [0.29, 0.717) is 0 Å². The van der Waals surface area contributed by atoms with Gasteiger partial charge < -0.3 is 36.3 Å². The summed E-state index contributed by atoms with van der Waals surface area (Å²) >= 11 is 0. The number of aromatic hydroxyl groups is 1. The number of nitrogens with two attached hydrogens (primary N) is 2. The van der Waals surface area contributed by atoms with Gasteiger partial charge in [0.2, 0.25) is 5.88 Å². The number of carbonyl (C=O) groups excluding carboxylic acids is 2. The van der Waals surface area contributed by atoms with Crippen molar-refractivity contribution in [1.82, 2.24) is 9.55 Å². The van der Waals surface area contributed by atoms with Crippen LogP contribution in [0.3, 0.4) is 0 Å².